The standard InChI is InChI=1S/C6H12INO/c1-4(2)5(9)6(7)8-3/h4,6,8H,1-3H3. The van der Waals surface area contributed by atoms with Gasteiger partial charge in [0, 0.05) is 5.92 Å². The molecule has 0 fully saturated rings. The molecule has 0 amide bonds. The van der Waals surface area contributed by atoms with Crippen molar-refractivity contribution in [2.45, 2.75) is 17.9 Å². The topological polar surface area (TPSA) is 29.1 Å². The maximum Gasteiger partial charge on any atom is 0.162 e. The number of likely N-dealkylation sites (N-methyl/N-ethyl adjacent to an activating group) is 1. The van der Waals surface area contributed by atoms with Crippen LogP contribution in [0.25, 0.3) is 0 Å². The molecule has 0 radical (unpaired) electrons. The van der Waals surface area contributed by atoms with Crippen molar-refractivity contribution in [3.8, 4) is 0 Å². The zero-order chi connectivity index (χ0) is 7.44. The second-order valence-corrected chi connectivity index (χ2v) is 3.45. The second-order valence-electron chi connectivity index (χ2n) is 2.21. The van der Waals surface area contributed by atoms with Crippen molar-refractivity contribution >= 4 is 28.4 Å². The van der Waals surface area contributed by atoms with Gasteiger partial charge in [-0.1, -0.05) is 36.4 Å². The number of carbonyl (C=O) groups excluding carboxylic acids is 1. The monoisotopic (exact) mass is 241 g/mol. The number of rotatable bonds is 3. The van der Waals surface area contributed by atoms with Crippen LogP contribution in [-0.4, -0.2) is 16.9 Å². The molecule has 0 rings (SSSR count). The molecule has 2 nitrogen and oxygen atoms in total. The minimum Gasteiger partial charge on any atom is -0.302 e. The van der Waals surface area contributed by atoms with Gasteiger partial charge in [-0.05, 0) is 7.05 Å². The number of Topliss-reactive ketones (excluding diaryl/α,β-unsaturated/α-hetero) is 1. The van der Waals surface area contributed by atoms with Crippen LogP contribution < -0.4 is 5.32 Å². The molecule has 1 atom stereocenters. The third-order valence-corrected chi connectivity index (χ3v) is 2.31. The van der Waals surface area contributed by atoms with Crippen LogP contribution in [0, 0.1) is 5.92 Å². The van der Waals surface area contributed by atoms with Gasteiger partial charge in [0.05, 0.1) is 0 Å². The Labute approximate surface area is 69.5 Å². The number of alkyl halides is 1. The molecule has 1 unspecified atom stereocenters. The summed E-state index contributed by atoms with van der Waals surface area (Å²) in [5, 5.41) is 2.88. The molecular weight excluding hydrogens is 229 g/mol. The van der Waals surface area contributed by atoms with E-state index in [0.717, 1.165) is 0 Å². The molecule has 0 aromatic rings. The fourth-order valence-corrected chi connectivity index (χ4v) is 1.15. The summed E-state index contributed by atoms with van der Waals surface area (Å²) in [5.74, 6) is 0.400. The first-order chi connectivity index (χ1) is 4.09. The van der Waals surface area contributed by atoms with Gasteiger partial charge in [-0.3, -0.25) is 4.79 Å². The molecule has 0 aromatic carbocycles. The normalized spacial score (nSPS) is 13.9. The Bertz CT molecular complexity index is 103. The van der Waals surface area contributed by atoms with Crippen LogP contribution in [0.15, 0.2) is 0 Å². The minimum absolute atomic E-state index is 0.0254. The van der Waals surface area contributed by atoms with E-state index in [1.165, 1.54) is 0 Å². The molecule has 0 aliphatic heterocycles. The van der Waals surface area contributed by atoms with Crippen LogP contribution in [0.4, 0.5) is 0 Å². The van der Waals surface area contributed by atoms with E-state index in [0.29, 0.717) is 0 Å². The summed E-state index contributed by atoms with van der Waals surface area (Å²) in [5.41, 5.74) is 0. The van der Waals surface area contributed by atoms with Gasteiger partial charge in [0.1, 0.15) is 4.05 Å². The van der Waals surface area contributed by atoms with Gasteiger partial charge in [0.15, 0.2) is 5.78 Å². The predicted molar refractivity (Wildman–Crippen MR) is 46.7 cm³/mol. The average molecular weight is 241 g/mol. The van der Waals surface area contributed by atoms with E-state index in [2.05, 4.69) is 27.9 Å². The first-order valence-electron chi connectivity index (χ1n) is 2.94. The molecular formula is C6H12INO. The molecule has 0 aromatic heterocycles. The third-order valence-electron chi connectivity index (χ3n) is 1.07. The Kier molecular flexibility index (Phi) is 4.39. The van der Waals surface area contributed by atoms with Crippen molar-refractivity contribution in [3.05, 3.63) is 0 Å². The predicted octanol–water partition coefficient (Wildman–Crippen LogP) is 1.19. The van der Waals surface area contributed by atoms with Crippen LogP contribution in [0.5, 0.6) is 0 Å². The molecule has 0 spiro atoms. The maximum atomic E-state index is 11.0. The van der Waals surface area contributed by atoms with Gasteiger partial charge in [0.2, 0.25) is 0 Å². The summed E-state index contributed by atoms with van der Waals surface area (Å²) in [6.07, 6.45) is 0. The number of hydrogen-bond donors (Lipinski definition) is 1. The van der Waals surface area contributed by atoms with Gasteiger partial charge in [-0.2, -0.15) is 0 Å². The average Bonchev–Trinajstić information content (AvgIpc) is 1.84. The molecule has 9 heavy (non-hydrogen) atoms. The number of nitrogens with one attached hydrogen (secondary N) is 1. The summed E-state index contributed by atoms with van der Waals surface area (Å²) in [6.45, 7) is 3.82. The zero-order valence-electron chi connectivity index (χ0n) is 5.94. The van der Waals surface area contributed by atoms with Crippen molar-refractivity contribution < 1.29 is 4.79 Å². The number of carbonyl (C=O) groups is 1. The summed E-state index contributed by atoms with van der Waals surface area (Å²) in [4.78, 5) is 11.0. The van der Waals surface area contributed by atoms with E-state index < -0.39 is 0 Å². The lowest BCUT2D eigenvalue weighted by atomic mass is 10.1. The summed E-state index contributed by atoms with van der Waals surface area (Å²) < 4.78 is -0.0254. The largest absolute Gasteiger partial charge is 0.302 e. The Morgan fingerprint density at radius 3 is 2.11 bits per heavy atom. The lowest BCUT2D eigenvalue weighted by Gasteiger charge is -2.08. The molecule has 0 aliphatic carbocycles. The fourth-order valence-electron chi connectivity index (χ4n) is 0.435. The van der Waals surface area contributed by atoms with Crippen LogP contribution in [0.3, 0.4) is 0 Å². The number of ketones is 1. The highest BCUT2D eigenvalue weighted by Crippen LogP contribution is 2.04. The van der Waals surface area contributed by atoms with Crippen molar-refractivity contribution in [1.29, 1.82) is 0 Å². The highest BCUT2D eigenvalue weighted by atomic mass is 127. The maximum absolute atomic E-state index is 11.0. The lowest BCUT2D eigenvalue weighted by Crippen LogP contribution is -2.30. The summed E-state index contributed by atoms with van der Waals surface area (Å²) >= 11 is 2.09. The van der Waals surface area contributed by atoms with Crippen molar-refractivity contribution in [2.24, 2.45) is 5.92 Å². The Morgan fingerprint density at radius 1 is 1.56 bits per heavy atom. The molecule has 0 saturated carbocycles. The van der Waals surface area contributed by atoms with Crippen LogP contribution in [-0.2, 0) is 4.79 Å². The number of halogens is 1. The molecule has 1 N–H and O–H groups in total. The summed E-state index contributed by atoms with van der Waals surface area (Å²) in [7, 11) is 1.79. The SMILES string of the molecule is CNC(I)C(=O)C(C)C. The van der Waals surface area contributed by atoms with Crippen LogP contribution >= 0.6 is 22.6 Å². The first kappa shape index (κ1) is 9.36. The van der Waals surface area contributed by atoms with Crippen LogP contribution in [0.1, 0.15) is 13.8 Å². The Morgan fingerprint density at radius 2 is 2.00 bits per heavy atom. The molecule has 54 valence electrons. The van der Waals surface area contributed by atoms with Crippen molar-refractivity contribution in [3.63, 3.8) is 0 Å². The van der Waals surface area contributed by atoms with Gasteiger partial charge >= 0.3 is 0 Å². The van der Waals surface area contributed by atoms with E-state index in [-0.39, 0.29) is 15.7 Å². The fraction of sp³-hybridized carbons (Fsp3) is 0.833. The molecule has 0 heterocycles. The molecule has 0 saturated heterocycles. The molecule has 0 bridgehead atoms. The van der Waals surface area contributed by atoms with E-state index >= 15 is 0 Å². The van der Waals surface area contributed by atoms with Gasteiger partial charge in [0.25, 0.3) is 0 Å². The highest BCUT2D eigenvalue weighted by molar-refractivity contribution is 14.1. The Balaban J connectivity index is 3.73. The first-order valence-corrected chi connectivity index (χ1v) is 4.19. The van der Waals surface area contributed by atoms with Crippen LogP contribution in [0.2, 0.25) is 0 Å². The lowest BCUT2D eigenvalue weighted by molar-refractivity contribution is -0.121. The molecule has 0 aliphatic rings. The smallest absolute Gasteiger partial charge is 0.162 e. The number of hydrogen-bond acceptors (Lipinski definition) is 2. The van der Waals surface area contributed by atoms with Gasteiger partial charge in [-0.15, -0.1) is 0 Å². The highest BCUT2D eigenvalue weighted by Gasteiger charge is 2.14. The van der Waals surface area contributed by atoms with E-state index in [1.54, 1.807) is 7.05 Å². The van der Waals surface area contributed by atoms with Gasteiger partial charge < -0.3 is 5.32 Å². The molecule has 3 heteroatoms. The Hall–Kier alpha value is 0.360. The van der Waals surface area contributed by atoms with E-state index in [9.17, 15) is 4.79 Å². The van der Waals surface area contributed by atoms with E-state index in [4.69, 9.17) is 0 Å². The van der Waals surface area contributed by atoms with Gasteiger partial charge in [-0.25, -0.2) is 0 Å². The zero-order valence-corrected chi connectivity index (χ0v) is 8.10. The van der Waals surface area contributed by atoms with E-state index in [1.807, 2.05) is 13.8 Å². The minimum atomic E-state index is -0.0254. The van der Waals surface area contributed by atoms with Crippen molar-refractivity contribution in [2.75, 3.05) is 7.05 Å². The van der Waals surface area contributed by atoms with Crippen molar-refractivity contribution in [1.82, 2.24) is 5.32 Å². The third kappa shape index (κ3) is 3.15. The second kappa shape index (κ2) is 4.22. The summed E-state index contributed by atoms with van der Waals surface area (Å²) in [6, 6.07) is 0. The quantitative estimate of drug-likeness (QED) is 0.457.